The normalized spacial score (nSPS) is 10.0. The van der Waals surface area contributed by atoms with E-state index in [1.165, 1.54) is 24.5 Å². The molecule has 0 unspecified atom stereocenters. The van der Waals surface area contributed by atoms with Gasteiger partial charge in [0.2, 0.25) is 5.88 Å². The van der Waals surface area contributed by atoms with Crippen LogP contribution in [-0.2, 0) is 6.54 Å². The average molecular weight is 321 g/mol. The summed E-state index contributed by atoms with van der Waals surface area (Å²) in [6.45, 7) is 0.325. The largest absolute Gasteiger partial charge is 0.439 e. The molecule has 0 aliphatic heterocycles. The van der Waals surface area contributed by atoms with Gasteiger partial charge in [-0.3, -0.25) is 0 Å². The van der Waals surface area contributed by atoms with Gasteiger partial charge in [-0.15, -0.1) is 0 Å². The van der Waals surface area contributed by atoms with E-state index in [1.54, 1.807) is 24.4 Å². The Morgan fingerprint density at radius 1 is 1.08 bits per heavy atom. The molecule has 118 valence electrons. The van der Waals surface area contributed by atoms with Crippen LogP contribution in [0.2, 0.25) is 0 Å². The van der Waals surface area contributed by atoms with Gasteiger partial charge >= 0.3 is 0 Å². The zero-order chi connectivity index (χ0) is 16.8. The van der Waals surface area contributed by atoms with E-state index in [1.807, 2.05) is 12.1 Å². The molecule has 3 rings (SSSR count). The smallest absolute Gasteiger partial charge is 0.224 e. The van der Waals surface area contributed by atoms with Gasteiger partial charge in [-0.05, 0) is 18.2 Å². The molecule has 0 bridgehead atoms. The lowest BCUT2D eigenvalue weighted by Crippen LogP contribution is -2.06. The van der Waals surface area contributed by atoms with Crippen LogP contribution in [0.3, 0.4) is 0 Å². The number of halogens is 1. The Morgan fingerprint density at radius 3 is 2.79 bits per heavy atom. The Bertz CT molecular complexity index is 894. The minimum atomic E-state index is -0.388. The Balaban J connectivity index is 1.78. The van der Waals surface area contributed by atoms with Gasteiger partial charge in [0, 0.05) is 36.8 Å². The second kappa shape index (κ2) is 7.15. The molecule has 0 saturated heterocycles. The minimum absolute atomic E-state index is 0.203. The van der Waals surface area contributed by atoms with Gasteiger partial charge in [-0.25, -0.2) is 19.3 Å². The van der Waals surface area contributed by atoms with Crippen molar-refractivity contribution in [2.24, 2.45) is 0 Å². The van der Waals surface area contributed by atoms with Crippen LogP contribution in [0.25, 0.3) is 0 Å². The summed E-state index contributed by atoms with van der Waals surface area (Å²) in [5, 5.41) is 12.1. The molecule has 0 atom stereocenters. The second-order valence-electron chi connectivity index (χ2n) is 4.75. The minimum Gasteiger partial charge on any atom is -0.439 e. The highest BCUT2D eigenvalue weighted by Gasteiger charge is 2.09. The van der Waals surface area contributed by atoms with Gasteiger partial charge in [0.1, 0.15) is 17.6 Å². The summed E-state index contributed by atoms with van der Waals surface area (Å²) in [4.78, 5) is 12.2. The van der Waals surface area contributed by atoms with Crippen molar-refractivity contribution in [3.63, 3.8) is 0 Å². The number of ether oxygens (including phenoxy) is 1. The third kappa shape index (κ3) is 3.62. The molecule has 0 saturated carbocycles. The average Bonchev–Trinajstić information content (AvgIpc) is 2.61. The topological polar surface area (TPSA) is 83.7 Å². The summed E-state index contributed by atoms with van der Waals surface area (Å²) in [5.41, 5.74) is 0.935. The van der Waals surface area contributed by atoms with E-state index in [4.69, 9.17) is 10.00 Å². The number of pyridine rings is 1. The number of benzene rings is 1. The molecule has 0 spiro atoms. The fraction of sp³-hybridized carbons (Fsp3) is 0.0588. The van der Waals surface area contributed by atoms with Gasteiger partial charge in [0.05, 0.1) is 0 Å². The van der Waals surface area contributed by atoms with Gasteiger partial charge in [-0.1, -0.05) is 12.1 Å². The number of nitrogens with one attached hydrogen (secondary N) is 1. The second-order valence-corrected chi connectivity index (χ2v) is 4.75. The molecule has 0 aliphatic rings. The summed E-state index contributed by atoms with van der Waals surface area (Å²) in [5.74, 6) is 0.687. The van der Waals surface area contributed by atoms with Crippen molar-refractivity contribution in [1.82, 2.24) is 15.0 Å². The molecule has 2 aromatic heterocycles. The number of aromatic nitrogens is 3. The van der Waals surface area contributed by atoms with E-state index in [0.29, 0.717) is 24.0 Å². The van der Waals surface area contributed by atoms with Gasteiger partial charge in [-0.2, -0.15) is 5.26 Å². The quantitative estimate of drug-likeness (QED) is 0.776. The Kier molecular flexibility index (Phi) is 4.58. The number of hydrogen-bond donors (Lipinski definition) is 1. The van der Waals surface area contributed by atoms with Crippen LogP contribution in [0.5, 0.6) is 11.6 Å². The zero-order valence-electron chi connectivity index (χ0n) is 12.5. The first-order chi connectivity index (χ1) is 11.8. The standard InChI is InChI=1S/C17H12FN5O/c18-13-4-1-5-14(9-13)24-17-12(3-2-6-22-17)11-23-16-15(10-19)20-7-8-21-16/h1-9H,11H2,(H,21,23). The summed E-state index contributed by atoms with van der Waals surface area (Å²) < 4.78 is 18.9. The predicted molar refractivity (Wildman–Crippen MR) is 84.8 cm³/mol. The summed E-state index contributed by atoms with van der Waals surface area (Å²) in [7, 11) is 0. The molecule has 0 radical (unpaired) electrons. The third-order valence-electron chi connectivity index (χ3n) is 3.11. The molecule has 24 heavy (non-hydrogen) atoms. The molecule has 0 fully saturated rings. The van der Waals surface area contributed by atoms with Gasteiger partial charge in [0.25, 0.3) is 0 Å². The summed E-state index contributed by atoms with van der Waals surface area (Å²) in [6.07, 6.45) is 4.53. The van der Waals surface area contributed by atoms with E-state index in [0.717, 1.165) is 5.56 Å². The van der Waals surface area contributed by atoms with Gasteiger partial charge < -0.3 is 10.1 Å². The molecule has 2 heterocycles. The lowest BCUT2D eigenvalue weighted by atomic mass is 10.2. The zero-order valence-corrected chi connectivity index (χ0v) is 12.5. The van der Waals surface area contributed by atoms with E-state index in [9.17, 15) is 4.39 Å². The molecule has 0 amide bonds. The first-order valence-electron chi connectivity index (χ1n) is 7.08. The number of anilines is 1. The highest BCUT2D eigenvalue weighted by atomic mass is 19.1. The van der Waals surface area contributed by atoms with Crippen molar-refractivity contribution in [2.45, 2.75) is 6.54 Å². The van der Waals surface area contributed by atoms with E-state index < -0.39 is 0 Å². The maximum atomic E-state index is 13.3. The van der Waals surface area contributed by atoms with Crippen LogP contribution >= 0.6 is 0 Å². The van der Waals surface area contributed by atoms with Gasteiger partial charge in [0.15, 0.2) is 11.5 Å². The van der Waals surface area contributed by atoms with Crippen molar-refractivity contribution in [3.8, 4) is 17.7 Å². The first-order valence-corrected chi connectivity index (χ1v) is 7.08. The molecule has 1 N–H and O–H groups in total. The molecular weight excluding hydrogens is 309 g/mol. The lowest BCUT2D eigenvalue weighted by molar-refractivity contribution is 0.452. The SMILES string of the molecule is N#Cc1nccnc1NCc1cccnc1Oc1cccc(F)c1. The molecular formula is C17H12FN5O. The molecule has 7 heteroatoms. The number of hydrogen-bond acceptors (Lipinski definition) is 6. The number of nitriles is 1. The maximum absolute atomic E-state index is 13.3. The lowest BCUT2D eigenvalue weighted by Gasteiger charge is -2.11. The summed E-state index contributed by atoms with van der Waals surface area (Å²) in [6, 6.07) is 11.4. The predicted octanol–water partition coefficient (Wildman–Crippen LogP) is 3.29. The van der Waals surface area contributed by atoms with Crippen LogP contribution in [-0.4, -0.2) is 15.0 Å². The van der Waals surface area contributed by atoms with Crippen molar-refractivity contribution in [1.29, 1.82) is 5.26 Å². The Hall–Kier alpha value is -3.53. The van der Waals surface area contributed by atoms with Crippen molar-refractivity contribution < 1.29 is 9.13 Å². The Morgan fingerprint density at radius 2 is 1.96 bits per heavy atom. The van der Waals surface area contributed by atoms with Crippen LogP contribution < -0.4 is 10.1 Å². The first kappa shape index (κ1) is 15.4. The van der Waals surface area contributed by atoms with Crippen LogP contribution in [0.4, 0.5) is 10.2 Å². The van der Waals surface area contributed by atoms with Crippen molar-refractivity contribution in [2.75, 3.05) is 5.32 Å². The fourth-order valence-electron chi connectivity index (χ4n) is 2.02. The highest BCUT2D eigenvalue weighted by molar-refractivity contribution is 5.47. The number of rotatable bonds is 5. The van der Waals surface area contributed by atoms with E-state index in [-0.39, 0.29) is 11.5 Å². The van der Waals surface area contributed by atoms with Crippen molar-refractivity contribution >= 4 is 5.82 Å². The molecule has 3 aromatic rings. The van der Waals surface area contributed by atoms with Crippen LogP contribution in [0.15, 0.2) is 55.0 Å². The summed E-state index contributed by atoms with van der Waals surface area (Å²) >= 11 is 0. The molecule has 0 aliphatic carbocycles. The third-order valence-corrected chi connectivity index (χ3v) is 3.11. The molecule has 1 aromatic carbocycles. The maximum Gasteiger partial charge on any atom is 0.224 e. The molecule has 6 nitrogen and oxygen atoms in total. The van der Waals surface area contributed by atoms with Crippen LogP contribution in [0, 0.1) is 17.1 Å². The Labute approximate surface area is 137 Å². The van der Waals surface area contributed by atoms with Crippen LogP contribution in [0.1, 0.15) is 11.3 Å². The van der Waals surface area contributed by atoms with E-state index in [2.05, 4.69) is 20.3 Å². The van der Waals surface area contributed by atoms with Crippen molar-refractivity contribution in [3.05, 3.63) is 72.1 Å². The van der Waals surface area contributed by atoms with E-state index >= 15 is 0 Å². The number of nitrogens with zero attached hydrogens (tertiary/aromatic N) is 4. The monoisotopic (exact) mass is 321 g/mol. The highest BCUT2D eigenvalue weighted by Crippen LogP contribution is 2.24. The fourth-order valence-corrected chi connectivity index (χ4v) is 2.02.